The quantitative estimate of drug-likeness (QED) is 0.667. The average molecular weight is 264 g/mol. The van der Waals surface area contributed by atoms with Gasteiger partial charge in [-0.05, 0) is 30.9 Å². The van der Waals surface area contributed by atoms with Crippen molar-refractivity contribution in [2.45, 2.75) is 32.3 Å². The Balaban J connectivity index is 2.23. The molecule has 1 aromatic rings. The van der Waals surface area contributed by atoms with Crippen molar-refractivity contribution in [3.63, 3.8) is 0 Å². The van der Waals surface area contributed by atoms with Gasteiger partial charge in [0.1, 0.15) is 0 Å². The molecule has 0 radical (unpaired) electrons. The van der Waals surface area contributed by atoms with E-state index >= 15 is 0 Å². The summed E-state index contributed by atoms with van der Waals surface area (Å²) in [6.45, 7) is 3.02. The Morgan fingerprint density at radius 2 is 2.00 bits per heavy atom. The number of rotatable bonds is 8. The minimum Gasteiger partial charge on any atom is -0.387 e. The monoisotopic (exact) mass is 264 g/mol. The van der Waals surface area contributed by atoms with Gasteiger partial charge >= 0.3 is 0 Å². The standard InChI is InChI=1S/C15H24N2O2/c1-12(9-10-16)7-8-15(19)17-11-14(18)13-5-3-2-4-6-13/h2-6,12,14,18H,7-11,16H2,1H3,(H,17,19). The molecule has 106 valence electrons. The lowest BCUT2D eigenvalue weighted by atomic mass is 10.0. The van der Waals surface area contributed by atoms with Crippen molar-refractivity contribution < 1.29 is 9.90 Å². The van der Waals surface area contributed by atoms with E-state index in [0.29, 0.717) is 18.9 Å². The summed E-state index contributed by atoms with van der Waals surface area (Å²) in [4.78, 5) is 11.6. The summed E-state index contributed by atoms with van der Waals surface area (Å²) >= 11 is 0. The molecule has 2 unspecified atom stereocenters. The van der Waals surface area contributed by atoms with Crippen molar-refractivity contribution in [2.24, 2.45) is 11.7 Å². The number of hydrogen-bond donors (Lipinski definition) is 3. The molecule has 0 bridgehead atoms. The Morgan fingerprint density at radius 3 is 2.63 bits per heavy atom. The molecule has 0 saturated carbocycles. The van der Waals surface area contributed by atoms with Gasteiger partial charge in [-0.25, -0.2) is 0 Å². The van der Waals surface area contributed by atoms with Gasteiger partial charge in [0.15, 0.2) is 0 Å². The van der Waals surface area contributed by atoms with Gasteiger partial charge in [0.05, 0.1) is 6.10 Å². The first-order valence-corrected chi connectivity index (χ1v) is 6.83. The number of amides is 1. The first-order valence-electron chi connectivity index (χ1n) is 6.83. The molecule has 0 spiro atoms. The van der Waals surface area contributed by atoms with Crippen LogP contribution in [0.15, 0.2) is 30.3 Å². The van der Waals surface area contributed by atoms with E-state index in [-0.39, 0.29) is 12.5 Å². The maximum atomic E-state index is 11.6. The fourth-order valence-corrected chi connectivity index (χ4v) is 1.90. The van der Waals surface area contributed by atoms with E-state index in [4.69, 9.17) is 5.73 Å². The van der Waals surface area contributed by atoms with E-state index in [2.05, 4.69) is 12.2 Å². The third-order valence-electron chi connectivity index (χ3n) is 3.20. The Bertz CT molecular complexity index is 368. The van der Waals surface area contributed by atoms with Crippen LogP contribution in [0.3, 0.4) is 0 Å². The normalized spacial score (nSPS) is 13.8. The number of nitrogens with two attached hydrogens (primary N) is 1. The van der Waals surface area contributed by atoms with Crippen LogP contribution in [-0.4, -0.2) is 24.1 Å². The molecule has 4 heteroatoms. The fraction of sp³-hybridized carbons (Fsp3) is 0.533. The molecule has 0 aliphatic carbocycles. The number of benzene rings is 1. The molecule has 1 rings (SSSR count). The van der Waals surface area contributed by atoms with Gasteiger partial charge in [-0.1, -0.05) is 37.3 Å². The number of nitrogens with one attached hydrogen (secondary N) is 1. The first kappa shape index (κ1) is 15.7. The van der Waals surface area contributed by atoms with Gasteiger partial charge in [0, 0.05) is 13.0 Å². The first-order chi connectivity index (χ1) is 9.13. The summed E-state index contributed by atoms with van der Waals surface area (Å²) < 4.78 is 0. The second kappa shape index (κ2) is 8.67. The topological polar surface area (TPSA) is 75.4 Å². The van der Waals surface area contributed by atoms with Gasteiger partial charge in [-0.3, -0.25) is 4.79 Å². The minimum absolute atomic E-state index is 0.0150. The van der Waals surface area contributed by atoms with Gasteiger partial charge in [0.25, 0.3) is 0 Å². The number of carbonyl (C=O) groups excluding carboxylic acids is 1. The molecule has 0 saturated heterocycles. The van der Waals surface area contributed by atoms with Crippen molar-refractivity contribution in [1.29, 1.82) is 0 Å². The number of aliphatic hydroxyl groups is 1. The molecule has 0 aliphatic heterocycles. The van der Waals surface area contributed by atoms with E-state index in [1.54, 1.807) is 0 Å². The van der Waals surface area contributed by atoms with E-state index < -0.39 is 6.10 Å². The summed E-state index contributed by atoms with van der Waals surface area (Å²) in [6, 6.07) is 9.33. The summed E-state index contributed by atoms with van der Waals surface area (Å²) in [5.41, 5.74) is 6.28. The highest BCUT2D eigenvalue weighted by atomic mass is 16.3. The maximum Gasteiger partial charge on any atom is 0.220 e. The zero-order chi connectivity index (χ0) is 14.1. The Hall–Kier alpha value is -1.39. The highest BCUT2D eigenvalue weighted by Gasteiger charge is 2.10. The summed E-state index contributed by atoms with van der Waals surface area (Å²) in [7, 11) is 0. The molecule has 4 N–H and O–H groups in total. The van der Waals surface area contributed by atoms with E-state index in [9.17, 15) is 9.90 Å². The molecule has 1 aromatic carbocycles. The molecule has 0 fully saturated rings. The third-order valence-corrected chi connectivity index (χ3v) is 3.20. The highest BCUT2D eigenvalue weighted by molar-refractivity contribution is 5.75. The smallest absolute Gasteiger partial charge is 0.220 e. The number of carbonyl (C=O) groups is 1. The maximum absolute atomic E-state index is 11.6. The van der Waals surface area contributed by atoms with Crippen LogP contribution < -0.4 is 11.1 Å². The van der Waals surface area contributed by atoms with Gasteiger partial charge in [0.2, 0.25) is 5.91 Å². The van der Waals surface area contributed by atoms with E-state index in [1.807, 2.05) is 30.3 Å². The molecular weight excluding hydrogens is 240 g/mol. The van der Waals surface area contributed by atoms with Crippen LogP contribution in [0.2, 0.25) is 0 Å². The molecular formula is C15H24N2O2. The molecule has 2 atom stereocenters. The molecule has 1 amide bonds. The van der Waals surface area contributed by atoms with E-state index in [0.717, 1.165) is 18.4 Å². The molecule has 0 heterocycles. The predicted octanol–water partition coefficient (Wildman–Crippen LogP) is 1.60. The number of aliphatic hydroxyl groups excluding tert-OH is 1. The zero-order valence-electron chi connectivity index (χ0n) is 11.5. The molecule has 0 aliphatic rings. The van der Waals surface area contributed by atoms with Crippen LogP contribution in [0.4, 0.5) is 0 Å². The second-order valence-corrected chi connectivity index (χ2v) is 4.95. The number of hydrogen-bond acceptors (Lipinski definition) is 3. The minimum atomic E-state index is -0.647. The summed E-state index contributed by atoms with van der Waals surface area (Å²) in [6.07, 6.45) is 1.62. The van der Waals surface area contributed by atoms with Crippen LogP contribution in [-0.2, 0) is 4.79 Å². The van der Waals surface area contributed by atoms with Gasteiger partial charge in [-0.15, -0.1) is 0 Å². The highest BCUT2D eigenvalue weighted by Crippen LogP contribution is 2.11. The molecule has 4 nitrogen and oxygen atoms in total. The predicted molar refractivity (Wildman–Crippen MR) is 76.5 cm³/mol. The van der Waals surface area contributed by atoms with Crippen molar-refractivity contribution >= 4 is 5.91 Å². The van der Waals surface area contributed by atoms with Crippen LogP contribution in [0.25, 0.3) is 0 Å². The van der Waals surface area contributed by atoms with E-state index in [1.165, 1.54) is 0 Å². The SMILES string of the molecule is CC(CCN)CCC(=O)NCC(O)c1ccccc1. The third kappa shape index (κ3) is 6.36. The summed E-state index contributed by atoms with van der Waals surface area (Å²) in [5, 5.41) is 12.7. The zero-order valence-corrected chi connectivity index (χ0v) is 11.5. The van der Waals surface area contributed by atoms with Crippen LogP contribution >= 0.6 is 0 Å². The lowest BCUT2D eigenvalue weighted by Crippen LogP contribution is -2.28. The largest absolute Gasteiger partial charge is 0.387 e. The lowest BCUT2D eigenvalue weighted by molar-refractivity contribution is -0.121. The van der Waals surface area contributed by atoms with Gasteiger partial charge < -0.3 is 16.2 Å². The Kier molecular flexibility index (Phi) is 7.15. The lowest BCUT2D eigenvalue weighted by Gasteiger charge is -2.13. The second-order valence-electron chi connectivity index (χ2n) is 4.95. The van der Waals surface area contributed by atoms with Crippen LogP contribution in [0.1, 0.15) is 37.9 Å². The average Bonchev–Trinajstić information content (AvgIpc) is 2.44. The fourth-order valence-electron chi connectivity index (χ4n) is 1.90. The van der Waals surface area contributed by atoms with Crippen LogP contribution in [0, 0.1) is 5.92 Å². The van der Waals surface area contributed by atoms with Crippen molar-refractivity contribution in [2.75, 3.05) is 13.1 Å². The van der Waals surface area contributed by atoms with Gasteiger partial charge in [-0.2, -0.15) is 0 Å². The Labute approximate surface area is 115 Å². The van der Waals surface area contributed by atoms with Crippen molar-refractivity contribution in [1.82, 2.24) is 5.32 Å². The van der Waals surface area contributed by atoms with Crippen LogP contribution in [0.5, 0.6) is 0 Å². The summed E-state index contributed by atoms with van der Waals surface area (Å²) in [5.74, 6) is 0.452. The Morgan fingerprint density at radius 1 is 1.32 bits per heavy atom. The molecule has 0 aromatic heterocycles. The van der Waals surface area contributed by atoms with Crippen molar-refractivity contribution in [3.8, 4) is 0 Å². The van der Waals surface area contributed by atoms with Crippen molar-refractivity contribution in [3.05, 3.63) is 35.9 Å². The molecule has 19 heavy (non-hydrogen) atoms.